The first-order chi connectivity index (χ1) is 9.44. The SMILES string of the molecule is CC(N)C(C)C(=O)NCC1(c2ccc(Br)cc2)CCC1. The average Bonchev–Trinajstić information content (AvgIpc) is 2.38. The molecule has 0 spiro atoms. The van der Waals surface area contributed by atoms with Crippen molar-refractivity contribution in [1.29, 1.82) is 0 Å². The van der Waals surface area contributed by atoms with Crippen LogP contribution in [0.2, 0.25) is 0 Å². The van der Waals surface area contributed by atoms with Crippen molar-refractivity contribution in [2.45, 2.75) is 44.6 Å². The van der Waals surface area contributed by atoms with Gasteiger partial charge in [-0.1, -0.05) is 41.4 Å². The Balaban J connectivity index is 2.02. The summed E-state index contributed by atoms with van der Waals surface area (Å²) in [7, 11) is 0. The number of nitrogens with one attached hydrogen (secondary N) is 1. The quantitative estimate of drug-likeness (QED) is 0.867. The zero-order valence-electron chi connectivity index (χ0n) is 12.2. The molecule has 0 bridgehead atoms. The van der Waals surface area contributed by atoms with Crippen molar-refractivity contribution in [2.75, 3.05) is 6.54 Å². The van der Waals surface area contributed by atoms with Crippen LogP contribution in [0.5, 0.6) is 0 Å². The average molecular weight is 339 g/mol. The number of nitrogens with two attached hydrogens (primary N) is 1. The van der Waals surface area contributed by atoms with Crippen molar-refractivity contribution >= 4 is 21.8 Å². The van der Waals surface area contributed by atoms with Crippen LogP contribution in [-0.2, 0) is 10.2 Å². The first-order valence-corrected chi connectivity index (χ1v) is 8.03. The third-order valence-electron chi connectivity index (χ3n) is 4.57. The van der Waals surface area contributed by atoms with Crippen LogP contribution in [-0.4, -0.2) is 18.5 Å². The molecule has 0 aliphatic heterocycles. The lowest BCUT2D eigenvalue weighted by Crippen LogP contribution is -2.48. The maximum atomic E-state index is 12.1. The number of hydrogen-bond acceptors (Lipinski definition) is 2. The predicted octanol–water partition coefficient (Wildman–Crippen LogP) is 2.97. The van der Waals surface area contributed by atoms with E-state index in [-0.39, 0.29) is 23.3 Å². The van der Waals surface area contributed by atoms with Gasteiger partial charge in [-0.3, -0.25) is 4.79 Å². The van der Waals surface area contributed by atoms with Gasteiger partial charge in [-0.05, 0) is 37.5 Å². The first kappa shape index (κ1) is 15.5. The van der Waals surface area contributed by atoms with Crippen LogP contribution >= 0.6 is 15.9 Å². The molecule has 0 radical (unpaired) electrons. The third-order valence-corrected chi connectivity index (χ3v) is 5.10. The number of rotatable bonds is 5. The van der Waals surface area contributed by atoms with E-state index in [4.69, 9.17) is 5.73 Å². The van der Waals surface area contributed by atoms with E-state index in [0.717, 1.165) is 17.3 Å². The highest BCUT2D eigenvalue weighted by molar-refractivity contribution is 9.10. The molecular weight excluding hydrogens is 316 g/mol. The van der Waals surface area contributed by atoms with Gasteiger partial charge in [0.2, 0.25) is 5.91 Å². The Labute approximate surface area is 129 Å². The van der Waals surface area contributed by atoms with Crippen molar-refractivity contribution in [2.24, 2.45) is 11.7 Å². The lowest BCUT2D eigenvalue weighted by molar-refractivity contribution is -0.125. The molecule has 2 rings (SSSR count). The molecule has 110 valence electrons. The summed E-state index contributed by atoms with van der Waals surface area (Å²) in [5, 5.41) is 3.09. The Kier molecular flexibility index (Phi) is 4.86. The van der Waals surface area contributed by atoms with Gasteiger partial charge in [0.15, 0.2) is 0 Å². The number of carbonyl (C=O) groups excluding carboxylic acids is 1. The number of carbonyl (C=O) groups is 1. The molecule has 3 nitrogen and oxygen atoms in total. The van der Waals surface area contributed by atoms with E-state index in [1.54, 1.807) is 0 Å². The molecular formula is C16H23BrN2O. The molecule has 1 aliphatic carbocycles. The second-order valence-electron chi connectivity index (χ2n) is 6.01. The highest BCUT2D eigenvalue weighted by Crippen LogP contribution is 2.43. The number of amides is 1. The molecule has 1 fully saturated rings. The molecule has 1 amide bonds. The summed E-state index contributed by atoms with van der Waals surface area (Å²) >= 11 is 3.47. The minimum atomic E-state index is -0.142. The van der Waals surface area contributed by atoms with E-state index in [1.807, 2.05) is 13.8 Å². The molecule has 4 heteroatoms. The highest BCUT2D eigenvalue weighted by Gasteiger charge is 2.39. The van der Waals surface area contributed by atoms with Gasteiger partial charge in [0.1, 0.15) is 0 Å². The second kappa shape index (κ2) is 6.27. The van der Waals surface area contributed by atoms with Gasteiger partial charge in [0, 0.05) is 28.4 Å². The van der Waals surface area contributed by atoms with Crippen LogP contribution in [0, 0.1) is 5.92 Å². The summed E-state index contributed by atoms with van der Waals surface area (Å²) in [6.45, 7) is 4.47. The van der Waals surface area contributed by atoms with Crippen molar-refractivity contribution < 1.29 is 4.79 Å². The lowest BCUT2D eigenvalue weighted by Gasteiger charge is -2.43. The van der Waals surface area contributed by atoms with E-state index in [1.165, 1.54) is 12.0 Å². The number of benzene rings is 1. The zero-order valence-corrected chi connectivity index (χ0v) is 13.7. The zero-order chi connectivity index (χ0) is 14.8. The number of hydrogen-bond donors (Lipinski definition) is 2. The minimum Gasteiger partial charge on any atom is -0.355 e. The van der Waals surface area contributed by atoms with Crippen LogP contribution in [0.3, 0.4) is 0 Å². The summed E-state index contributed by atoms with van der Waals surface area (Å²) < 4.78 is 1.09. The van der Waals surface area contributed by atoms with Crippen LogP contribution in [0.15, 0.2) is 28.7 Å². The van der Waals surface area contributed by atoms with Crippen molar-refractivity contribution in [3.8, 4) is 0 Å². The van der Waals surface area contributed by atoms with E-state index < -0.39 is 0 Å². The van der Waals surface area contributed by atoms with Crippen LogP contribution < -0.4 is 11.1 Å². The van der Waals surface area contributed by atoms with Crippen LogP contribution in [0.25, 0.3) is 0 Å². The Bertz CT molecular complexity index is 466. The van der Waals surface area contributed by atoms with Crippen LogP contribution in [0.1, 0.15) is 38.7 Å². The fraction of sp³-hybridized carbons (Fsp3) is 0.562. The summed E-state index contributed by atoms with van der Waals surface area (Å²) in [5.74, 6) is -0.0829. The van der Waals surface area contributed by atoms with Crippen molar-refractivity contribution in [1.82, 2.24) is 5.32 Å². The largest absolute Gasteiger partial charge is 0.355 e. The minimum absolute atomic E-state index is 0.0587. The van der Waals surface area contributed by atoms with E-state index in [0.29, 0.717) is 6.54 Å². The smallest absolute Gasteiger partial charge is 0.224 e. The Morgan fingerprint density at radius 3 is 2.40 bits per heavy atom. The Hall–Kier alpha value is -0.870. The molecule has 2 unspecified atom stereocenters. The van der Waals surface area contributed by atoms with Crippen molar-refractivity contribution in [3.63, 3.8) is 0 Å². The molecule has 0 heterocycles. The molecule has 3 N–H and O–H groups in total. The van der Waals surface area contributed by atoms with Gasteiger partial charge in [-0.25, -0.2) is 0 Å². The monoisotopic (exact) mass is 338 g/mol. The lowest BCUT2D eigenvalue weighted by atomic mass is 9.64. The molecule has 1 aromatic carbocycles. The maximum Gasteiger partial charge on any atom is 0.224 e. The fourth-order valence-corrected chi connectivity index (χ4v) is 2.89. The predicted molar refractivity (Wildman–Crippen MR) is 85.5 cm³/mol. The summed E-state index contributed by atoms with van der Waals surface area (Å²) in [5.41, 5.74) is 7.22. The van der Waals surface area contributed by atoms with Gasteiger partial charge < -0.3 is 11.1 Å². The second-order valence-corrected chi connectivity index (χ2v) is 6.92. The molecule has 0 saturated heterocycles. The molecule has 1 aromatic rings. The van der Waals surface area contributed by atoms with Gasteiger partial charge in [-0.2, -0.15) is 0 Å². The van der Waals surface area contributed by atoms with Crippen LogP contribution in [0.4, 0.5) is 0 Å². The normalized spacial score (nSPS) is 19.8. The Morgan fingerprint density at radius 1 is 1.35 bits per heavy atom. The maximum absolute atomic E-state index is 12.1. The summed E-state index contributed by atoms with van der Waals surface area (Å²) in [4.78, 5) is 12.1. The molecule has 1 aliphatic rings. The van der Waals surface area contributed by atoms with Gasteiger partial charge in [0.05, 0.1) is 0 Å². The highest BCUT2D eigenvalue weighted by atomic mass is 79.9. The molecule has 1 saturated carbocycles. The van der Waals surface area contributed by atoms with E-state index in [9.17, 15) is 4.79 Å². The van der Waals surface area contributed by atoms with Gasteiger partial charge in [0.25, 0.3) is 0 Å². The summed E-state index contributed by atoms with van der Waals surface area (Å²) in [6.07, 6.45) is 3.51. The van der Waals surface area contributed by atoms with Gasteiger partial charge >= 0.3 is 0 Å². The fourth-order valence-electron chi connectivity index (χ4n) is 2.63. The molecule has 20 heavy (non-hydrogen) atoms. The van der Waals surface area contributed by atoms with Crippen molar-refractivity contribution in [3.05, 3.63) is 34.3 Å². The molecule has 2 atom stereocenters. The van der Waals surface area contributed by atoms with E-state index >= 15 is 0 Å². The number of halogens is 1. The first-order valence-electron chi connectivity index (χ1n) is 7.24. The standard InChI is InChI=1S/C16H23BrN2O/c1-11(12(2)18)15(20)19-10-16(8-3-9-16)13-4-6-14(17)7-5-13/h4-7,11-12H,3,8-10,18H2,1-2H3,(H,19,20). The topological polar surface area (TPSA) is 55.1 Å². The van der Waals surface area contributed by atoms with Gasteiger partial charge in [-0.15, -0.1) is 0 Å². The van der Waals surface area contributed by atoms with E-state index in [2.05, 4.69) is 45.5 Å². The third kappa shape index (κ3) is 3.23. The Morgan fingerprint density at radius 2 is 1.95 bits per heavy atom. The summed E-state index contributed by atoms with van der Waals surface area (Å²) in [6, 6.07) is 8.35. The molecule has 0 aromatic heterocycles.